The van der Waals surface area contributed by atoms with E-state index in [4.69, 9.17) is 4.74 Å². The molecule has 1 aromatic carbocycles. The predicted octanol–water partition coefficient (Wildman–Crippen LogP) is 2.47. The van der Waals surface area contributed by atoms with Gasteiger partial charge in [-0.05, 0) is 43.9 Å². The molecule has 1 atom stereocenters. The van der Waals surface area contributed by atoms with Gasteiger partial charge in [-0.1, -0.05) is 13.0 Å². The van der Waals surface area contributed by atoms with Crippen molar-refractivity contribution in [1.82, 2.24) is 14.7 Å². The van der Waals surface area contributed by atoms with Gasteiger partial charge in [0.2, 0.25) is 0 Å². The summed E-state index contributed by atoms with van der Waals surface area (Å²) in [6.45, 7) is 7.65. The fraction of sp³-hybridized carbons (Fsp3) is 0.571. The van der Waals surface area contributed by atoms with Gasteiger partial charge in [0.25, 0.3) is 11.8 Å². The normalized spacial score (nSPS) is 20.1. The topological polar surface area (TPSA) is 70.2 Å². The summed E-state index contributed by atoms with van der Waals surface area (Å²) in [5.41, 5.74) is 1.07. The quantitative estimate of drug-likeness (QED) is 0.799. The summed E-state index contributed by atoms with van der Waals surface area (Å²) in [4.78, 5) is 42.7. The molecule has 3 rings (SSSR count). The van der Waals surface area contributed by atoms with Crippen molar-refractivity contribution in [3.63, 3.8) is 0 Å². The second-order valence-electron chi connectivity index (χ2n) is 7.56. The van der Waals surface area contributed by atoms with Crippen LogP contribution < -0.4 is 0 Å². The first-order valence-corrected chi connectivity index (χ1v) is 10.1. The number of rotatable bonds is 3. The summed E-state index contributed by atoms with van der Waals surface area (Å²) in [5, 5.41) is 0. The number of amides is 3. The maximum absolute atomic E-state index is 12.9. The molecule has 28 heavy (non-hydrogen) atoms. The fourth-order valence-electron chi connectivity index (χ4n) is 3.83. The van der Waals surface area contributed by atoms with Gasteiger partial charge in [-0.15, -0.1) is 0 Å². The molecule has 0 aromatic heterocycles. The minimum atomic E-state index is -0.335. The lowest BCUT2D eigenvalue weighted by Crippen LogP contribution is -2.50. The fourth-order valence-corrected chi connectivity index (χ4v) is 3.83. The van der Waals surface area contributed by atoms with Crippen molar-refractivity contribution in [2.24, 2.45) is 5.92 Å². The number of benzene rings is 1. The van der Waals surface area contributed by atoms with Crippen molar-refractivity contribution in [1.29, 1.82) is 0 Å². The molecule has 2 fully saturated rings. The Morgan fingerprint density at radius 1 is 0.964 bits per heavy atom. The number of hydrogen-bond acceptors (Lipinski definition) is 4. The van der Waals surface area contributed by atoms with E-state index in [2.05, 4.69) is 6.92 Å². The van der Waals surface area contributed by atoms with Crippen LogP contribution in [0.5, 0.6) is 0 Å². The molecule has 7 heteroatoms. The summed E-state index contributed by atoms with van der Waals surface area (Å²) < 4.78 is 5.01. The van der Waals surface area contributed by atoms with Crippen molar-refractivity contribution in [2.75, 3.05) is 45.9 Å². The zero-order valence-corrected chi connectivity index (χ0v) is 16.7. The average molecular weight is 387 g/mol. The second-order valence-corrected chi connectivity index (χ2v) is 7.56. The highest BCUT2D eigenvalue weighted by atomic mass is 16.6. The van der Waals surface area contributed by atoms with Crippen molar-refractivity contribution in [3.05, 3.63) is 35.4 Å². The number of hydrogen-bond donors (Lipinski definition) is 0. The Kier molecular flexibility index (Phi) is 6.54. The molecule has 1 unspecified atom stereocenters. The molecule has 0 bridgehead atoms. The van der Waals surface area contributed by atoms with Gasteiger partial charge >= 0.3 is 6.09 Å². The third kappa shape index (κ3) is 4.64. The first-order chi connectivity index (χ1) is 13.5. The van der Waals surface area contributed by atoms with E-state index in [9.17, 15) is 14.4 Å². The average Bonchev–Trinajstić information content (AvgIpc) is 2.73. The van der Waals surface area contributed by atoms with E-state index in [0.717, 1.165) is 25.9 Å². The summed E-state index contributed by atoms with van der Waals surface area (Å²) in [5.74, 6) is 0.400. The van der Waals surface area contributed by atoms with Crippen LogP contribution in [-0.2, 0) is 4.74 Å². The first-order valence-electron chi connectivity index (χ1n) is 10.1. The van der Waals surface area contributed by atoms with Crippen molar-refractivity contribution in [3.8, 4) is 0 Å². The Morgan fingerprint density at radius 3 is 2.18 bits per heavy atom. The lowest BCUT2D eigenvalue weighted by atomic mass is 9.99. The number of piperazine rings is 1. The van der Waals surface area contributed by atoms with Gasteiger partial charge in [-0.25, -0.2) is 4.79 Å². The molecule has 2 heterocycles. The van der Waals surface area contributed by atoms with Crippen LogP contribution in [0.15, 0.2) is 24.3 Å². The van der Waals surface area contributed by atoms with E-state index in [0.29, 0.717) is 49.8 Å². The van der Waals surface area contributed by atoms with E-state index in [-0.39, 0.29) is 17.9 Å². The Balaban J connectivity index is 1.63. The second kappa shape index (κ2) is 9.08. The molecule has 2 aliphatic rings. The highest BCUT2D eigenvalue weighted by Gasteiger charge is 2.27. The SMILES string of the molecule is CCOC(=O)N1CCN(C(=O)c2cccc(C(=O)N3CCCC(C)C3)c2)CC1. The van der Waals surface area contributed by atoms with Gasteiger partial charge in [0, 0.05) is 50.4 Å². The summed E-state index contributed by atoms with van der Waals surface area (Å²) in [6, 6.07) is 6.98. The molecule has 0 radical (unpaired) electrons. The van der Waals surface area contributed by atoms with E-state index in [1.807, 2.05) is 4.90 Å². The van der Waals surface area contributed by atoms with Gasteiger partial charge in [-0.2, -0.15) is 0 Å². The molecule has 2 aliphatic heterocycles. The minimum Gasteiger partial charge on any atom is -0.450 e. The first kappa shape index (κ1) is 20.2. The molecule has 0 N–H and O–H groups in total. The van der Waals surface area contributed by atoms with Gasteiger partial charge in [0.1, 0.15) is 0 Å². The standard InChI is InChI=1S/C21H29N3O4/c1-3-28-21(27)23-12-10-22(11-13-23)19(25)17-7-4-8-18(14-17)20(26)24-9-5-6-16(2)15-24/h4,7-8,14,16H,3,5-6,9-13,15H2,1-2H3. The van der Waals surface area contributed by atoms with Crippen molar-refractivity contribution >= 4 is 17.9 Å². The van der Waals surface area contributed by atoms with Gasteiger partial charge in [0.15, 0.2) is 0 Å². The van der Waals surface area contributed by atoms with Crippen LogP contribution >= 0.6 is 0 Å². The monoisotopic (exact) mass is 387 g/mol. The van der Waals surface area contributed by atoms with Crippen LogP contribution in [0, 0.1) is 5.92 Å². The molecule has 2 saturated heterocycles. The molecular weight excluding hydrogens is 358 g/mol. The molecule has 1 aromatic rings. The molecule has 3 amide bonds. The zero-order valence-electron chi connectivity index (χ0n) is 16.7. The van der Waals surface area contributed by atoms with Crippen LogP contribution in [0.1, 0.15) is 47.4 Å². The van der Waals surface area contributed by atoms with Gasteiger partial charge in [-0.3, -0.25) is 9.59 Å². The maximum Gasteiger partial charge on any atom is 0.409 e. The van der Waals surface area contributed by atoms with Crippen LogP contribution in [0.25, 0.3) is 0 Å². The third-order valence-corrected chi connectivity index (χ3v) is 5.39. The van der Waals surface area contributed by atoms with Crippen LogP contribution in [-0.4, -0.2) is 78.5 Å². The smallest absolute Gasteiger partial charge is 0.409 e. The molecule has 0 saturated carbocycles. The van der Waals surface area contributed by atoms with E-state index in [1.165, 1.54) is 0 Å². The maximum atomic E-state index is 12.9. The molecular formula is C21H29N3O4. The summed E-state index contributed by atoms with van der Waals surface area (Å²) in [7, 11) is 0. The summed E-state index contributed by atoms with van der Waals surface area (Å²) >= 11 is 0. The largest absolute Gasteiger partial charge is 0.450 e. The van der Waals surface area contributed by atoms with E-state index in [1.54, 1.807) is 41.0 Å². The molecule has 152 valence electrons. The van der Waals surface area contributed by atoms with E-state index < -0.39 is 0 Å². The lowest BCUT2D eigenvalue weighted by Gasteiger charge is -2.34. The summed E-state index contributed by atoms with van der Waals surface area (Å²) in [6.07, 6.45) is 1.84. The Morgan fingerprint density at radius 2 is 1.57 bits per heavy atom. The van der Waals surface area contributed by atoms with Crippen molar-refractivity contribution < 1.29 is 19.1 Å². The minimum absolute atomic E-state index is 0.00618. The zero-order chi connectivity index (χ0) is 20.1. The number of carbonyl (C=O) groups is 3. The number of nitrogens with zero attached hydrogens (tertiary/aromatic N) is 3. The van der Waals surface area contributed by atoms with Crippen LogP contribution in [0.3, 0.4) is 0 Å². The molecule has 7 nitrogen and oxygen atoms in total. The molecule has 0 spiro atoms. The van der Waals surface area contributed by atoms with Gasteiger partial charge in [0.05, 0.1) is 6.61 Å². The Hall–Kier alpha value is -2.57. The third-order valence-electron chi connectivity index (χ3n) is 5.39. The van der Waals surface area contributed by atoms with Crippen LogP contribution in [0.2, 0.25) is 0 Å². The number of carbonyl (C=O) groups excluding carboxylic acids is 3. The van der Waals surface area contributed by atoms with Gasteiger partial charge < -0.3 is 19.4 Å². The number of piperidine rings is 1. The highest BCUT2D eigenvalue weighted by molar-refractivity contribution is 5.99. The number of likely N-dealkylation sites (tertiary alicyclic amines) is 1. The Labute approximate surface area is 166 Å². The lowest BCUT2D eigenvalue weighted by molar-refractivity contribution is 0.0570. The predicted molar refractivity (Wildman–Crippen MR) is 105 cm³/mol. The van der Waals surface area contributed by atoms with Crippen molar-refractivity contribution in [2.45, 2.75) is 26.7 Å². The van der Waals surface area contributed by atoms with Crippen LogP contribution in [0.4, 0.5) is 4.79 Å². The Bertz CT molecular complexity index is 728. The molecule has 0 aliphatic carbocycles. The number of ether oxygens (including phenoxy) is 1. The van der Waals surface area contributed by atoms with E-state index >= 15 is 0 Å². The highest BCUT2D eigenvalue weighted by Crippen LogP contribution is 2.19.